The van der Waals surface area contributed by atoms with Gasteiger partial charge in [0.2, 0.25) is 5.91 Å². The zero-order chi connectivity index (χ0) is 24.1. The number of esters is 1. The topological polar surface area (TPSA) is 120 Å². The van der Waals surface area contributed by atoms with Crippen LogP contribution in [-0.4, -0.2) is 36.7 Å². The van der Waals surface area contributed by atoms with Crippen LogP contribution in [0.4, 0.5) is 11.4 Å². The van der Waals surface area contributed by atoms with Crippen molar-refractivity contribution in [1.29, 1.82) is 0 Å². The molecule has 0 spiro atoms. The summed E-state index contributed by atoms with van der Waals surface area (Å²) in [7, 11) is 1.45. The number of nitrogens with one attached hydrogen (secondary N) is 2. The predicted octanol–water partition coefficient (Wildman–Crippen LogP) is 4.26. The minimum absolute atomic E-state index is 0.253. The molecule has 0 radical (unpaired) electrons. The Balaban J connectivity index is 1.45. The molecule has 0 aliphatic rings. The van der Waals surface area contributed by atoms with Gasteiger partial charge in [-0.1, -0.05) is 35.5 Å². The third kappa shape index (κ3) is 5.04. The number of aromatic nitrogens is 1. The molecular formula is C25H21N3O6. The minimum atomic E-state index is -0.670. The van der Waals surface area contributed by atoms with E-state index in [-0.39, 0.29) is 11.5 Å². The lowest BCUT2D eigenvalue weighted by Gasteiger charge is -2.12. The van der Waals surface area contributed by atoms with Gasteiger partial charge in [0, 0.05) is 18.2 Å². The van der Waals surface area contributed by atoms with E-state index in [4.69, 9.17) is 14.0 Å². The smallest absolute Gasteiger partial charge is 0.338 e. The molecule has 1 aromatic heterocycles. The van der Waals surface area contributed by atoms with Crippen LogP contribution in [0.2, 0.25) is 0 Å². The quantitative estimate of drug-likeness (QED) is 0.396. The minimum Gasteiger partial charge on any atom is -0.495 e. The third-order valence-corrected chi connectivity index (χ3v) is 4.88. The van der Waals surface area contributed by atoms with Crippen molar-refractivity contribution in [2.24, 2.45) is 0 Å². The van der Waals surface area contributed by atoms with Crippen LogP contribution < -0.4 is 15.4 Å². The first-order valence-corrected chi connectivity index (χ1v) is 10.3. The van der Waals surface area contributed by atoms with Gasteiger partial charge in [0.25, 0.3) is 5.91 Å². The zero-order valence-corrected chi connectivity index (χ0v) is 18.5. The van der Waals surface area contributed by atoms with E-state index in [0.717, 1.165) is 5.56 Å². The SMILES string of the molecule is COc1ccc(NC(C)=O)cc1NC(=O)COC(=O)c1ccc2noc(-c3ccccc3)c2c1. The molecule has 0 unspecified atom stereocenters. The molecule has 0 atom stereocenters. The first-order chi connectivity index (χ1) is 16.4. The number of hydrogen-bond acceptors (Lipinski definition) is 7. The highest BCUT2D eigenvalue weighted by Gasteiger charge is 2.16. The molecule has 0 saturated carbocycles. The Morgan fingerprint density at radius 3 is 2.50 bits per heavy atom. The molecular weight excluding hydrogens is 438 g/mol. The van der Waals surface area contributed by atoms with Gasteiger partial charge in [-0.2, -0.15) is 0 Å². The van der Waals surface area contributed by atoms with Crippen molar-refractivity contribution in [2.45, 2.75) is 6.92 Å². The van der Waals surface area contributed by atoms with Gasteiger partial charge < -0.3 is 24.6 Å². The second kappa shape index (κ2) is 9.86. The number of carbonyl (C=O) groups is 3. The molecule has 34 heavy (non-hydrogen) atoms. The molecule has 4 aromatic rings. The molecule has 0 saturated heterocycles. The summed E-state index contributed by atoms with van der Waals surface area (Å²) in [6.45, 7) is 0.862. The first-order valence-electron chi connectivity index (χ1n) is 10.3. The second-order valence-electron chi connectivity index (χ2n) is 7.33. The fraction of sp³-hybridized carbons (Fsp3) is 0.120. The summed E-state index contributed by atoms with van der Waals surface area (Å²) < 4.78 is 15.9. The molecule has 0 fully saturated rings. The number of hydrogen-bond donors (Lipinski definition) is 2. The molecule has 9 nitrogen and oxygen atoms in total. The van der Waals surface area contributed by atoms with E-state index in [1.54, 1.807) is 36.4 Å². The Kier molecular flexibility index (Phi) is 6.54. The number of ether oxygens (including phenoxy) is 2. The molecule has 172 valence electrons. The standard InChI is InChI=1S/C25H21N3O6/c1-15(29)26-18-9-11-22(32-2)21(13-18)27-23(30)14-33-25(31)17-8-10-20-19(12-17)24(34-28-20)16-6-4-3-5-7-16/h3-13H,14H2,1-2H3,(H,26,29)(H,27,30). The summed E-state index contributed by atoms with van der Waals surface area (Å²) in [5, 5.41) is 9.93. The number of benzene rings is 3. The van der Waals surface area contributed by atoms with Crippen molar-refractivity contribution in [1.82, 2.24) is 5.16 Å². The fourth-order valence-corrected chi connectivity index (χ4v) is 3.35. The average Bonchev–Trinajstić information content (AvgIpc) is 3.26. The fourth-order valence-electron chi connectivity index (χ4n) is 3.35. The Morgan fingerprint density at radius 1 is 0.971 bits per heavy atom. The van der Waals surface area contributed by atoms with E-state index in [2.05, 4.69) is 15.8 Å². The summed E-state index contributed by atoms with van der Waals surface area (Å²) in [6.07, 6.45) is 0. The predicted molar refractivity (Wildman–Crippen MR) is 126 cm³/mol. The van der Waals surface area contributed by atoms with E-state index >= 15 is 0 Å². The summed E-state index contributed by atoms with van der Waals surface area (Å²) in [6, 6.07) is 19.0. The van der Waals surface area contributed by atoms with Crippen LogP contribution in [0.15, 0.2) is 71.3 Å². The Labute approximate surface area is 194 Å². The van der Waals surface area contributed by atoms with E-state index < -0.39 is 18.5 Å². The number of carbonyl (C=O) groups excluding carboxylic acids is 3. The van der Waals surface area contributed by atoms with Crippen LogP contribution in [0.3, 0.4) is 0 Å². The van der Waals surface area contributed by atoms with Crippen molar-refractivity contribution in [2.75, 3.05) is 24.4 Å². The van der Waals surface area contributed by atoms with Crippen LogP contribution in [-0.2, 0) is 14.3 Å². The van der Waals surface area contributed by atoms with Gasteiger partial charge in [0.1, 0.15) is 11.3 Å². The monoisotopic (exact) mass is 459 g/mol. The average molecular weight is 459 g/mol. The van der Waals surface area contributed by atoms with Crippen LogP contribution >= 0.6 is 0 Å². The molecule has 2 amide bonds. The zero-order valence-electron chi connectivity index (χ0n) is 18.5. The number of fused-ring (bicyclic) bond motifs is 1. The van der Waals surface area contributed by atoms with E-state index in [0.29, 0.717) is 33.8 Å². The number of methoxy groups -OCH3 is 1. The highest BCUT2D eigenvalue weighted by atomic mass is 16.5. The van der Waals surface area contributed by atoms with Gasteiger partial charge in [0.05, 0.1) is 23.7 Å². The maximum Gasteiger partial charge on any atom is 0.338 e. The summed E-state index contributed by atoms with van der Waals surface area (Å²) in [4.78, 5) is 36.3. The maximum atomic E-state index is 12.6. The molecule has 4 rings (SSSR count). The number of amides is 2. The van der Waals surface area contributed by atoms with Crippen LogP contribution in [0.5, 0.6) is 5.75 Å². The molecule has 0 aliphatic heterocycles. The first kappa shape index (κ1) is 22.5. The summed E-state index contributed by atoms with van der Waals surface area (Å²) >= 11 is 0. The molecule has 0 aliphatic carbocycles. The van der Waals surface area contributed by atoms with Gasteiger partial charge >= 0.3 is 5.97 Å². The normalized spacial score (nSPS) is 10.5. The molecule has 2 N–H and O–H groups in total. The highest BCUT2D eigenvalue weighted by Crippen LogP contribution is 2.30. The highest BCUT2D eigenvalue weighted by molar-refractivity contribution is 6.00. The van der Waals surface area contributed by atoms with Crippen molar-refractivity contribution in [3.8, 4) is 17.1 Å². The van der Waals surface area contributed by atoms with Gasteiger partial charge in [-0.3, -0.25) is 9.59 Å². The number of rotatable bonds is 7. The van der Waals surface area contributed by atoms with Crippen LogP contribution in [0.1, 0.15) is 17.3 Å². The maximum absolute atomic E-state index is 12.6. The van der Waals surface area contributed by atoms with Crippen molar-refractivity contribution < 1.29 is 28.4 Å². The Morgan fingerprint density at radius 2 is 1.76 bits per heavy atom. The lowest BCUT2D eigenvalue weighted by atomic mass is 10.1. The second-order valence-corrected chi connectivity index (χ2v) is 7.33. The van der Waals surface area contributed by atoms with Gasteiger partial charge in [-0.15, -0.1) is 0 Å². The van der Waals surface area contributed by atoms with E-state index in [1.165, 1.54) is 14.0 Å². The van der Waals surface area contributed by atoms with E-state index in [1.807, 2.05) is 30.3 Å². The van der Waals surface area contributed by atoms with Gasteiger partial charge in [-0.25, -0.2) is 4.79 Å². The van der Waals surface area contributed by atoms with E-state index in [9.17, 15) is 14.4 Å². The molecule has 0 bridgehead atoms. The largest absolute Gasteiger partial charge is 0.495 e. The third-order valence-electron chi connectivity index (χ3n) is 4.88. The molecule has 1 heterocycles. The molecule has 3 aromatic carbocycles. The lowest BCUT2D eigenvalue weighted by molar-refractivity contribution is -0.119. The lowest BCUT2D eigenvalue weighted by Crippen LogP contribution is -2.21. The van der Waals surface area contributed by atoms with Crippen LogP contribution in [0, 0.1) is 0 Å². The number of anilines is 2. The Bertz CT molecular complexity index is 1360. The van der Waals surface area contributed by atoms with Gasteiger partial charge in [-0.05, 0) is 36.4 Å². The van der Waals surface area contributed by atoms with Crippen molar-refractivity contribution in [3.63, 3.8) is 0 Å². The van der Waals surface area contributed by atoms with Gasteiger partial charge in [0.15, 0.2) is 12.4 Å². The van der Waals surface area contributed by atoms with Crippen LogP contribution in [0.25, 0.3) is 22.2 Å². The summed E-state index contributed by atoms with van der Waals surface area (Å²) in [5.41, 5.74) is 2.49. The number of nitrogens with zero attached hydrogens (tertiary/aromatic N) is 1. The summed E-state index contributed by atoms with van der Waals surface area (Å²) in [5.74, 6) is -0.565. The molecule has 9 heteroatoms. The Hall–Kier alpha value is -4.66. The van der Waals surface area contributed by atoms with Crippen molar-refractivity contribution >= 4 is 40.1 Å². The van der Waals surface area contributed by atoms with Crippen molar-refractivity contribution in [3.05, 3.63) is 72.3 Å².